The van der Waals surface area contributed by atoms with Crippen molar-refractivity contribution in [3.05, 3.63) is 87.7 Å². The molecule has 0 spiro atoms. The van der Waals surface area contributed by atoms with Gasteiger partial charge in [-0.25, -0.2) is 4.98 Å². The SMILES string of the molecule is O=C(NCc1cc2cnccc2s1)[C@@H]1CCc2ncc(NC[C@@H]3C[C@H]3c3ccccc3)c(=O)n21. The predicted octanol–water partition coefficient (Wildman–Crippen LogP) is 3.87. The highest BCUT2D eigenvalue weighted by molar-refractivity contribution is 7.19. The first-order chi connectivity index (χ1) is 16.7. The molecule has 0 saturated heterocycles. The summed E-state index contributed by atoms with van der Waals surface area (Å²) in [7, 11) is 0. The van der Waals surface area contributed by atoms with E-state index in [0.717, 1.165) is 27.9 Å². The van der Waals surface area contributed by atoms with Crippen molar-refractivity contribution in [2.24, 2.45) is 5.92 Å². The molecule has 1 saturated carbocycles. The largest absolute Gasteiger partial charge is 0.379 e. The molecule has 1 fully saturated rings. The van der Waals surface area contributed by atoms with Crippen LogP contribution >= 0.6 is 11.3 Å². The van der Waals surface area contributed by atoms with Crippen LogP contribution in [0.5, 0.6) is 0 Å². The van der Waals surface area contributed by atoms with Crippen LogP contribution in [0.4, 0.5) is 5.69 Å². The maximum Gasteiger partial charge on any atom is 0.277 e. The van der Waals surface area contributed by atoms with Gasteiger partial charge in [0.1, 0.15) is 17.6 Å². The molecule has 4 heterocycles. The lowest BCUT2D eigenvalue weighted by molar-refractivity contribution is -0.124. The van der Waals surface area contributed by atoms with Crippen LogP contribution < -0.4 is 16.2 Å². The van der Waals surface area contributed by atoms with Crippen molar-refractivity contribution in [3.63, 3.8) is 0 Å². The number of carbonyl (C=O) groups excluding carboxylic acids is 1. The van der Waals surface area contributed by atoms with E-state index in [2.05, 4.69) is 44.9 Å². The Morgan fingerprint density at radius 1 is 1.18 bits per heavy atom. The molecule has 2 N–H and O–H groups in total. The topological polar surface area (TPSA) is 88.9 Å². The molecule has 4 aromatic rings. The van der Waals surface area contributed by atoms with Gasteiger partial charge in [0.25, 0.3) is 5.56 Å². The molecule has 1 amide bonds. The lowest BCUT2D eigenvalue weighted by Crippen LogP contribution is -2.36. The zero-order valence-electron chi connectivity index (χ0n) is 18.6. The van der Waals surface area contributed by atoms with E-state index in [9.17, 15) is 9.59 Å². The number of amides is 1. The predicted molar refractivity (Wildman–Crippen MR) is 133 cm³/mol. The number of aryl methyl sites for hydroxylation is 1. The third kappa shape index (κ3) is 3.98. The van der Waals surface area contributed by atoms with Crippen LogP contribution in [0, 0.1) is 5.92 Å². The molecule has 172 valence electrons. The van der Waals surface area contributed by atoms with Gasteiger partial charge in [-0.15, -0.1) is 11.3 Å². The smallest absolute Gasteiger partial charge is 0.277 e. The van der Waals surface area contributed by atoms with Gasteiger partial charge in [-0.2, -0.15) is 0 Å². The second-order valence-corrected chi connectivity index (χ2v) is 10.2. The van der Waals surface area contributed by atoms with Crippen LogP contribution in [0.1, 0.15) is 41.1 Å². The van der Waals surface area contributed by atoms with Gasteiger partial charge in [0, 0.05) is 40.3 Å². The maximum atomic E-state index is 13.2. The van der Waals surface area contributed by atoms with Gasteiger partial charge in [0.2, 0.25) is 5.91 Å². The lowest BCUT2D eigenvalue weighted by Gasteiger charge is -2.15. The average Bonchev–Trinajstić information content (AvgIpc) is 3.31. The van der Waals surface area contributed by atoms with Crippen molar-refractivity contribution in [1.82, 2.24) is 19.9 Å². The fourth-order valence-electron chi connectivity index (χ4n) is 4.92. The Morgan fingerprint density at radius 2 is 2.06 bits per heavy atom. The summed E-state index contributed by atoms with van der Waals surface area (Å²) >= 11 is 1.64. The highest BCUT2D eigenvalue weighted by Crippen LogP contribution is 2.47. The van der Waals surface area contributed by atoms with Crippen molar-refractivity contribution in [2.45, 2.75) is 37.8 Å². The summed E-state index contributed by atoms with van der Waals surface area (Å²) in [5.74, 6) is 1.59. The minimum absolute atomic E-state index is 0.137. The van der Waals surface area contributed by atoms with Crippen LogP contribution in [0.15, 0.2) is 65.8 Å². The number of rotatable bonds is 7. The van der Waals surface area contributed by atoms with Crippen LogP contribution in [-0.2, 0) is 17.8 Å². The first-order valence-corrected chi connectivity index (χ1v) is 12.5. The Hall–Kier alpha value is -3.52. The summed E-state index contributed by atoms with van der Waals surface area (Å²) in [6.45, 7) is 1.17. The quantitative estimate of drug-likeness (QED) is 0.427. The van der Waals surface area contributed by atoms with Gasteiger partial charge in [-0.05, 0) is 42.4 Å². The van der Waals surface area contributed by atoms with Gasteiger partial charge < -0.3 is 10.6 Å². The first-order valence-electron chi connectivity index (χ1n) is 11.7. The minimum Gasteiger partial charge on any atom is -0.379 e. The number of pyridine rings is 1. The van der Waals surface area contributed by atoms with E-state index < -0.39 is 6.04 Å². The molecule has 34 heavy (non-hydrogen) atoms. The lowest BCUT2D eigenvalue weighted by atomic mass is 10.1. The number of anilines is 1. The Kier molecular flexibility index (Phi) is 5.37. The number of thiophene rings is 1. The zero-order valence-corrected chi connectivity index (χ0v) is 19.4. The van der Waals surface area contributed by atoms with Gasteiger partial charge in [0.05, 0.1) is 12.7 Å². The van der Waals surface area contributed by atoms with Gasteiger partial charge in [-0.3, -0.25) is 19.1 Å². The number of hydrogen-bond donors (Lipinski definition) is 2. The number of carbonyl (C=O) groups is 1. The highest BCUT2D eigenvalue weighted by atomic mass is 32.1. The summed E-state index contributed by atoms with van der Waals surface area (Å²) in [4.78, 5) is 35.9. The number of nitrogens with zero attached hydrogens (tertiary/aromatic N) is 3. The molecule has 1 aromatic carbocycles. The van der Waals surface area contributed by atoms with Crippen LogP contribution in [-0.4, -0.2) is 27.0 Å². The minimum atomic E-state index is -0.522. The Labute approximate surface area is 200 Å². The Balaban J connectivity index is 1.12. The fraction of sp³-hybridized carbons (Fsp3) is 0.308. The summed E-state index contributed by atoms with van der Waals surface area (Å²) in [5.41, 5.74) is 1.66. The van der Waals surface area contributed by atoms with E-state index >= 15 is 0 Å². The van der Waals surface area contributed by atoms with Gasteiger partial charge >= 0.3 is 0 Å². The summed E-state index contributed by atoms with van der Waals surface area (Å²) in [5, 5.41) is 7.39. The highest BCUT2D eigenvalue weighted by Gasteiger charge is 2.38. The first kappa shape index (κ1) is 21.0. The van der Waals surface area contributed by atoms with E-state index in [-0.39, 0.29) is 11.5 Å². The molecule has 0 unspecified atom stereocenters. The molecule has 8 heteroatoms. The fourth-order valence-corrected chi connectivity index (χ4v) is 5.89. The van der Waals surface area contributed by atoms with E-state index in [4.69, 9.17) is 0 Å². The van der Waals surface area contributed by atoms with Crippen molar-refractivity contribution in [3.8, 4) is 0 Å². The molecule has 1 aliphatic heterocycles. The molecular weight excluding hydrogens is 446 g/mol. The Bertz CT molecular complexity index is 1380. The van der Waals surface area contributed by atoms with Gasteiger partial charge in [0.15, 0.2) is 0 Å². The number of hydrogen-bond acceptors (Lipinski definition) is 6. The molecule has 6 rings (SSSR count). The summed E-state index contributed by atoms with van der Waals surface area (Å²) < 4.78 is 2.72. The molecule has 0 radical (unpaired) electrons. The van der Waals surface area contributed by atoms with Crippen molar-refractivity contribution >= 4 is 33.0 Å². The zero-order chi connectivity index (χ0) is 23.1. The molecule has 3 aromatic heterocycles. The second kappa shape index (κ2) is 8.68. The molecule has 2 aliphatic rings. The van der Waals surface area contributed by atoms with Crippen LogP contribution in [0.25, 0.3) is 10.1 Å². The molecule has 7 nitrogen and oxygen atoms in total. The third-order valence-corrected chi connectivity index (χ3v) is 7.95. The van der Waals surface area contributed by atoms with Crippen LogP contribution in [0.2, 0.25) is 0 Å². The average molecular weight is 472 g/mol. The van der Waals surface area contributed by atoms with Crippen molar-refractivity contribution < 1.29 is 4.79 Å². The molecular formula is C26H25N5O2S. The number of aromatic nitrogens is 3. The number of nitrogens with one attached hydrogen (secondary N) is 2. The van der Waals surface area contributed by atoms with E-state index in [1.165, 1.54) is 5.56 Å². The molecule has 0 bridgehead atoms. The number of benzene rings is 1. The molecule has 1 aliphatic carbocycles. The van der Waals surface area contributed by atoms with Crippen LogP contribution in [0.3, 0.4) is 0 Å². The third-order valence-electron chi connectivity index (χ3n) is 6.84. The van der Waals surface area contributed by atoms with Crippen molar-refractivity contribution in [2.75, 3.05) is 11.9 Å². The normalized spacial score (nSPS) is 20.8. The standard InChI is InChI=1S/C26H25N5O2S/c32-25(30-14-19-10-18-12-27-9-8-23(18)34-19)22-6-7-24-29-15-21(26(33)31(22)24)28-13-17-11-20(17)16-4-2-1-3-5-16/h1-5,8-10,12,15,17,20,22,28H,6-7,11,13-14H2,(H,30,32)/t17-,20-,22-/m0/s1. The monoisotopic (exact) mass is 471 g/mol. The Morgan fingerprint density at radius 3 is 2.91 bits per heavy atom. The summed E-state index contributed by atoms with van der Waals surface area (Å²) in [6.07, 6.45) is 7.56. The van der Waals surface area contributed by atoms with E-state index in [1.54, 1.807) is 28.3 Å². The summed E-state index contributed by atoms with van der Waals surface area (Å²) in [6, 6.07) is 14.0. The van der Waals surface area contributed by atoms with Crippen molar-refractivity contribution in [1.29, 1.82) is 0 Å². The molecule has 3 atom stereocenters. The van der Waals surface area contributed by atoms with Gasteiger partial charge in [-0.1, -0.05) is 30.3 Å². The van der Waals surface area contributed by atoms with E-state index in [0.29, 0.717) is 42.7 Å². The number of fused-ring (bicyclic) bond motifs is 2. The maximum absolute atomic E-state index is 13.2. The second-order valence-electron chi connectivity index (χ2n) is 9.06. The van der Waals surface area contributed by atoms with E-state index in [1.807, 2.05) is 24.4 Å².